The summed E-state index contributed by atoms with van der Waals surface area (Å²) in [5.74, 6) is 2.14. The first kappa shape index (κ1) is 52.1. The first-order valence-electron chi connectivity index (χ1n) is 28.1. The van der Waals surface area contributed by atoms with Crippen LogP contribution in [0.2, 0.25) is 0 Å². The van der Waals surface area contributed by atoms with Gasteiger partial charge in [-0.3, -0.25) is 19.2 Å². The molecular weight excluding hydrogens is 945 g/mol. The van der Waals surface area contributed by atoms with Gasteiger partial charge in [0.15, 0.2) is 17.7 Å². The number of hydrogen-bond donors (Lipinski definition) is 2. The predicted octanol–water partition coefficient (Wildman–Crippen LogP) is 7.85. The molecule has 12 rings (SSSR count). The zero-order valence-electron chi connectivity index (χ0n) is 45.2. The lowest BCUT2D eigenvalue weighted by Gasteiger charge is -2.58. The molecule has 2 N–H and O–H groups in total. The van der Waals surface area contributed by atoms with E-state index in [1.165, 1.54) is 13.8 Å². The zero-order chi connectivity index (χ0) is 53.0. The first-order chi connectivity index (χ1) is 34.9. The van der Waals surface area contributed by atoms with Crippen LogP contribution in [0.1, 0.15) is 146 Å². The molecule has 8 fully saturated rings. The first-order valence-corrected chi connectivity index (χ1v) is 28.1. The number of aliphatic hydroxyl groups excluding tert-OH is 2. The van der Waals surface area contributed by atoms with E-state index < -0.39 is 40.2 Å². The Kier molecular flexibility index (Phi) is 12.5. The van der Waals surface area contributed by atoms with Crippen LogP contribution in [0, 0.1) is 80.8 Å². The zero-order valence-corrected chi connectivity index (χ0v) is 45.2. The van der Waals surface area contributed by atoms with Gasteiger partial charge in [-0.05, 0) is 186 Å². The Morgan fingerprint density at radius 2 is 1.14 bits per heavy atom. The van der Waals surface area contributed by atoms with E-state index in [0.717, 1.165) is 75.4 Å². The summed E-state index contributed by atoms with van der Waals surface area (Å²) < 4.78 is 35.3. The molecule has 0 aromatic heterocycles. The Labute approximate surface area is 436 Å². The van der Waals surface area contributed by atoms with Crippen LogP contribution in [-0.2, 0) is 57.2 Å². The smallest absolute Gasteiger partial charge is 0.337 e. The van der Waals surface area contributed by atoms with Crippen LogP contribution in [0.5, 0.6) is 0 Å². The maximum Gasteiger partial charge on any atom is 0.337 e. The van der Waals surface area contributed by atoms with Crippen molar-refractivity contribution in [2.75, 3.05) is 13.2 Å². The van der Waals surface area contributed by atoms with Crippen LogP contribution in [0.25, 0.3) is 0 Å². The van der Waals surface area contributed by atoms with Gasteiger partial charge >= 0.3 is 23.9 Å². The van der Waals surface area contributed by atoms with Crippen LogP contribution < -0.4 is 0 Å². The third-order valence-corrected chi connectivity index (χ3v) is 23.7. The van der Waals surface area contributed by atoms with Gasteiger partial charge in [0.1, 0.15) is 36.1 Å². The van der Waals surface area contributed by atoms with Gasteiger partial charge in [0.25, 0.3) is 0 Å². The van der Waals surface area contributed by atoms with Crippen LogP contribution in [-0.4, -0.2) is 107 Å². The number of carbonyl (C=O) groups excluding carboxylic acids is 6. The lowest BCUT2D eigenvalue weighted by atomic mass is 9.44. The molecule has 0 bridgehead atoms. The highest BCUT2D eigenvalue weighted by atomic mass is 16.7. The van der Waals surface area contributed by atoms with Crippen molar-refractivity contribution < 1.29 is 67.4 Å². The molecule has 22 atom stereocenters. The Balaban J connectivity index is 0.000000161. The van der Waals surface area contributed by atoms with Gasteiger partial charge in [-0.2, -0.15) is 0 Å². The summed E-state index contributed by atoms with van der Waals surface area (Å²) in [6.07, 6.45) is 16.4. The molecule has 0 aromatic rings. The highest BCUT2D eigenvalue weighted by molar-refractivity contribution is 5.99. The predicted molar refractivity (Wildman–Crippen MR) is 268 cm³/mol. The molecule has 12 aliphatic rings. The van der Waals surface area contributed by atoms with Crippen molar-refractivity contribution in [1.82, 2.24) is 0 Å². The fraction of sp³-hybridized carbons (Fsp3) is 0.767. The van der Waals surface area contributed by atoms with Gasteiger partial charge < -0.3 is 38.6 Å². The maximum atomic E-state index is 13.6. The molecule has 74 heavy (non-hydrogen) atoms. The average Bonchev–Trinajstić information content (AvgIpc) is 4.19. The van der Waals surface area contributed by atoms with E-state index in [1.54, 1.807) is 24.3 Å². The summed E-state index contributed by atoms with van der Waals surface area (Å²) in [6.45, 7) is 19.8. The van der Waals surface area contributed by atoms with Crippen molar-refractivity contribution in [2.24, 2.45) is 80.8 Å². The Morgan fingerprint density at radius 1 is 0.662 bits per heavy atom. The molecule has 2 spiro atoms. The second-order valence-electron chi connectivity index (χ2n) is 26.3. The van der Waals surface area contributed by atoms with Crippen LogP contribution in [0.3, 0.4) is 0 Å². The number of fused-ring (bicyclic) bond motifs is 8. The summed E-state index contributed by atoms with van der Waals surface area (Å²) in [4.78, 5) is 75.4. The Morgan fingerprint density at radius 3 is 1.62 bits per heavy atom. The van der Waals surface area contributed by atoms with E-state index >= 15 is 0 Å². The SMILES string of the molecule is CC(=O)OCC1=C(C)CC([C@@H](C)C2CCC3C4C[C@H]5O[C@]56[C@H](OC(C)=O)C=CC(=O)[C@]6(C)C4CC[C@@]32C)OC1=O.CC1=C(CO)C(=O)OC([C@@H](C)C2CCC3C4C[C@H]5O[C@]56[C@H](O)C=CC(=O)[C@]6(C)C4CC[C@@]32C)C1. The molecule has 14 nitrogen and oxygen atoms in total. The van der Waals surface area contributed by atoms with Crippen molar-refractivity contribution >= 4 is 35.4 Å². The number of epoxide rings is 2. The van der Waals surface area contributed by atoms with Gasteiger partial charge in [0, 0.05) is 26.7 Å². The monoisotopic (exact) mass is 1020 g/mol. The Hall–Kier alpha value is -3.98. The molecule has 8 aliphatic carbocycles. The third kappa shape index (κ3) is 7.13. The van der Waals surface area contributed by atoms with E-state index in [4.69, 9.17) is 28.4 Å². The molecule has 10 unspecified atom stereocenters. The fourth-order valence-corrected chi connectivity index (χ4v) is 19.8. The van der Waals surface area contributed by atoms with Gasteiger partial charge in [-0.15, -0.1) is 0 Å². The number of carbonyl (C=O) groups is 6. The minimum atomic E-state index is -0.741. The molecule has 4 aliphatic heterocycles. The molecule has 0 radical (unpaired) electrons. The lowest BCUT2D eigenvalue weighted by Crippen LogP contribution is -2.64. The van der Waals surface area contributed by atoms with E-state index in [-0.39, 0.29) is 102 Å². The number of allylic oxidation sites excluding steroid dienone is 2. The fourth-order valence-electron chi connectivity index (χ4n) is 19.8. The van der Waals surface area contributed by atoms with Crippen molar-refractivity contribution in [2.45, 2.75) is 194 Å². The number of ketones is 2. The quantitative estimate of drug-likeness (QED) is 0.135. The molecule has 2 saturated heterocycles. The number of aliphatic hydroxyl groups is 2. The van der Waals surface area contributed by atoms with E-state index in [9.17, 15) is 39.0 Å². The molecule has 0 amide bonds. The molecule has 4 heterocycles. The van der Waals surface area contributed by atoms with Crippen LogP contribution in [0.15, 0.2) is 46.6 Å². The minimum absolute atomic E-state index is 0.0366. The maximum absolute atomic E-state index is 13.6. The average molecular weight is 1030 g/mol. The van der Waals surface area contributed by atoms with E-state index in [1.807, 2.05) is 13.8 Å². The number of cyclic esters (lactones) is 2. The molecule has 0 aromatic carbocycles. The van der Waals surface area contributed by atoms with E-state index in [2.05, 4.69) is 41.5 Å². The standard InChI is InChI=1S/C32H42O8.C28H38O6/c1-16-13-25(39-29(36)21(16)15-37-18(3)33)17(2)22-7-8-23-20-14-28-32(40-28)27(38-19(4)34)10-9-26(35)31(32,6)24(20)11-12-30(22,23)5;1-14-11-21(33-25(32)17(14)13-29)15(2)18-5-6-19-16-12-24-28(34-24)23(31)8-7-22(30)27(28,4)20(16)9-10-26(18,19)3/h9-10,17,20,22-25,27-28H,7-8,11-15H2,1-6H3;7-8,15-16,18-21,23-24,29,31H,5-6,9-13H2,1-4H3/t17-,20?,22?,23?,24?,25?,27+,28+,30+,31-,32+;15-,16?,18?,19?,20?,21?,23+,24+,26+,27-,28+/m00/s1. The largest absolute Gasteiger partial charge is 0.461 e. The van der Waals surface area contributed by atoms with Crippen molar-refractivity contribution in [3.05, 3.63) is 46.6 Å². The van der Waals surface area contributed by atoms with Crippen molar-refractivity contribution in [3.63, 3.8) is 0 Å². The number of rotatable bonds is 8. The summed E-state index contributed by atoms with van der Waals surface area (Å²) in [5.41, 5.74) is 0.151. The number of esters is 4. The molecular formula is C60H80O14. The molecule has 404 valence electrons. The lowest BCUT2D eigenvalue weighted by molar-refractivity contribution is -0.166. The Bertz CT molecular complexity index is 2560. The van der Waals surface area contributed by atoms with Crippen molar-refractivity contribution in [3.8, 4) is 0 Å². The normalized spacial score (nSPS) is 48.9. The van der Waals surface area contributed by atoms with Crippen LogP contribution >= 0.6 is 0 Å². The topological polar surface area (TPSA) is 205 Å². The highest BCUT2D eigenvalue weighted by Gasteiger charge is 2.82. The second kappa shape index (κ2) is 17.8. The minimum Gasteiger partial charge on any atom is -0.461 e. The number of ether oxygens (including phenoxy) is 6. The van der Waals surface area contributed by atoms with Gasteiger partial charge in [-0.1, -0.05) is 38.8 Å². The van der Waals surface area contributed by atoms with Gasteiger partial charge in [-0.25, -0.2) is 9.59 Å². The van der Waals surface area contributed by atoms with Crippen molar-refractivity contribution in [1.29, 1.82) is 0 Å². The highest BCUT2D eigenvalue weighted by Crippen LogP contribution is 2.75. The summed E-state index contributed by atoms with van der Waals surface area (Å²) >= 11 is 0. The van der Waals surface area contributed by atoms with E-state index in [0.29, 0.717) is 59.5 Å². The molecule has 6 saturated carbocycles. The summed E-state index contributed by atoms with van der Waals surface area (Å²) in [7, 11) is 0. The summed E-state index contributed by atoms with van der Waals surface area (Å²) in [5, 5.41) is 20.4. The third-order valence-electron chi connectivity index (χ3n) is 23.7. The van der Waals surface area contributed by atoms with Gasteiger partial charge in [0.05, 0.1) is 40.8 Å². The summed E-state index contributed by atoms with van der Waals surface area (Å²) in [6, 6.07) is 0. The number of hydrogen-bond acceptors (Lipinski definition) is 14. The van der Waals surface area contributed by atoms with Crippen LogP contribution in [0.4, 0.5) is 0 Å². The second-order valence-corrected chi connectivity index (χ2v) is 26.3. The molecule has 14 heteroatoms. The van der Waals surface area contributed by atoms with Gasteiger partial charge in [0.2, 0.25) is 0 Å².